The molecule has 1 aromatic heterocycles. The van der Waals surface area contributed by atoms with Gasteiger partial charge in [0.2, 0.25) is 0 Å². The van der Waals surface area contributed by atoms with E-state index in [1.54, 1.807) is 0 Å². The number of aryl methyl sites for hydroxylation is 2. The molecule has 0 spiro atoms. The number of guanidine groups is 1. The van der Waals surface area contributed by atoms with Crippen LogP contribution in [0.3, 0.4) is 0 Å². The quantitative estimate of drug-likeness (QED) is 0.253. The van der Waals surface area contributed by atoms with Crippen molar-refractivity contribution in [3.05, 3.63) is 83.2 Å². The van der Waals surface area contributed by atoms with Gasteiger partial charge in [-0.25, -0.2) is 4.68 Å². The van der Waals surface area contributed by atoms with Crippen molar-refractivity contribution in [3.63, 3.8) is 0 Å². The zero-order valence-electron chi connectivity index (χ0n) is 20.7. The van der Waals surface area contributed by atoms with Crippen molar-refractivity contribution in [2.45, 2.75) is 58.8 Å². The molecule has 0 bridgehead atoms. The van der Waals surface area contributed by atoms with Crippen LogP contribution in [0.15, 0.2) is 65.7 Å². The summed E-state index contributed by atoms with van der Waals surface area (Å²) in [6.07, 6.45) is 2.22. The molecular formula is C27H37IN6. The summed E-state index contributed by atoms with van der Waals surface area (Å²) in [6.45, 7) is 9.25. The van der Waals surface area contributed by atoms with E-state index in [4.69, 9.17) is 0 Å². The zero-order valence-corrected chi connectivity index (χ0v) is 23.0. The topological polar surface area (TPSA) is 57.5 Å². The van der Waals surface area contributed by atoms with Crippen molar-refractivity contribution in [1.82, 2.24) is 25.3 Å². The second kappa shape index (κ2) is 12.4. The summed E-state index contributed by atoms with van der Waals surface area (Å²) in [5, 5.41) is 11.8. The molecule has 1 fully saturated rings. The average Bonchev–Trinajstić information content (AvgIpc) is 3.16. The Hall–Kier alpha value is -2.39. The van der Waals surface area contributed by atoms with Gasteiger partial charge in [-0.2, -0.15) is 5.10 Å². The highest BCUT2D eigenvalue weighted by atomic mass is 127. The van der Waals surface area contributed by atoms with E-state index in [1.165, 1.54) is 11.1 Å². The molecule has 2 heterocycles. The summed E-state index contributed by atoms with van der Waals surface area (Å²) < 4.78 is 2.02. The molecule has 2 atom stereocenters. The highest BCUT2D eigenvalue weighted by Gasteiger charge is 2.26. The highest BCUT2D eigenvalue weighted by molar-refractivity contribution is 14.0. The van der Waals surface area contributed by atoms with Gasteiger partial charge in [0, 0.05) is 44.5 Å². The number of aliphatic imine (C=N–C) groups is 1. The summed E-state index contributed by atoms with van der Waals surface area (Å²) in [5.74, 6) is 0.854. The molecule has 1 aliphatic heterocycles. The van der Waals surface area contributed by atoms with Crippen LogP contribution in [-0.2, 0) is 13.1 Å². The van der Waals surface area contributed by atoms with Gasteiger partial charge < -0.3 is 10.6 Å². The lowest BCUT2D eigenvalue weighted by Gasteiger charge is -2.38. The van der Waals surface area contributed by atoms with Gasteiger partial charge in [-0.15, -0.1) is 24.0 Å². The number of para-hydroxylation sites is 1. The molecular weight excluding hydrogens is 535 g/mol. The second-order valence-corrected chi connectivity index (χ2v) is 9.06. The zero-order chi connectivity index (χ0) is 23.2. The Bertz CT molecular complexity index is 1080. The van der Waals surface area contributed by atoms with Crippen LogP contribution in [0.5, 0.6) is 0 Å². The molecule has 2 aromatic carbocycles. The molecule has 0 saturated carbocycles. The molecule has 182 valence electrons. The third kappa shape index (κ3) is 6.60. The maximum Gasteiger partial charge on any atom is 0.191 e. The normalized spacial score (nSPS) is 18.9. The number of nitrogens with zero attached hydrogens (tertiary/aromatic N) is 4. The first-order valence-corrected chi connectivity index (χ1v) is 11.9. The van der Waals surface area contributed by atoms with Crippen molar-refractivity contribution in [2.75, 3.05) is 13.6 Å². The number of hydrogen-bond donors (Lipinski definition) is 2. The van der Waals surface area contributed by atoms with E-state index in [1.807, 2.05) is 18.7 Å². The van der Waals surface area contributed by atoms with E-state index >= 15 is 0 Å². The van der Waals surface area contributed by atoms with Gasteiger partial charge in [0.05, 0.1) is 11.4 Å². The molecule has 1 saturated heterocycles. The molecule has 0 amide bonds. The first-order valence-electron chi connectivity index (χ1n) is 11.9. The Balaban J connectivity index is 0.00000324. The molecule has 0 radical (unpaired) electrons. The first kappa shape index (κ1) is 26.2. The number of likely N-dealkylation sites (tertiary alicyclic amines) is 1. The third-order valence-corrected chi connectivity index (χ3v) is 6.48. The van der Waals surface area contributed by atoms with Crippen molar-refractivity contribution >= 4 is 29.9 Å². The van der Waals surface area contributed by atoms with Crippen LogP contribution in [0.25, 0.3) is 5.69 Å². The van der Waals surface area contributed by atoms with Crippen LogP contribution in [0, 0.1) is 13.8 Å². The van der Waals surface area contributed by atoms with Crippen LogP contribution in [-0.4, -0.2) is 46.3 Å². The second-order valence-electron chi connectivity index (χ2n) is 9.06. The molecule has 4 rings (SSSR count). The fraction of sp³-hybridized carbons (Fsp3) is 0.407. The van der Waals surface area contributed by atoms with E-state index in [2.05, 4.69) is 100 Å². The predicted molar refractivity (Wildman–Crippen MR) is 151 cm³/mol. The van der Waals surface area contributed by atoms with Crippen molar-refractivity contribution in [3.8, 4) is 5.69 Å². The Kier molecular flexibility index (Phi) is 9.53. The number of piperidine rings is 1. The lowest BCUT2D eigenvalue weighted by molar-refractivity contribution is 0.134. The van der Waals surface area contributed by atoms with Crippen molar-refractivity contribution in [2.24, 2.45) is 4.99 Å². The molecule has 3 aromatic rings. The van der Waals surface area contributed by atoms with E-state index < -0.39 is 0 Å². The molecule has 7 heteroatoms. The summed E-state index contributed by atoms with van der Waals surface area (Å²) >= 11 is 0. The van der Waals surface area contributed by atoms with Gasteiger partial charge in [-0.05, 0) is 56.9 Å². The van der Waals surface area contributed by atoms with E-state index in [0.717, 1.165) is 49.0 Å². The molecule has 6 nitrogen and oxygen atoms in total. The molecule has 0 aliphatic carbocycles. The molecule has 2 N–H and O–H groups in total. The van der Waals surface area contributed by atoms with Crippen LogP contribution >= 0.6 is 24.0 Å². The number of nitrogens with one attached hydrogen (secondary N) is 2. The Morgan fingerprint density at radius 2 is 1.82 bits per heavy atom. The number of rotatable bonds is 6. The Morgan fingerprint density at radius 3 is 2.50 bits per heavy atom. The number of aromatic nitrogens is 2. The van der Waals surface area contributed by atoms with Crippen molar-refractivity contribution < 1.29 is 0 Å². The van der Waals surface area contributed by atoms with Crippen molar-refractivity contribution in [1.29, 1.82) is 0 Å². The Labute approximate surface area is 220 Å². The summed E-state index contributed by atoms with van der Waals surface area (Å²) in [4.78, 5) is 7.07. The first-order chi connectivity index (χ1) is 16.0. The minimum atomic E-state index is 0. The monoisotopic (exact) mass is 572 g/mol. The minimum absolute atomic E-state index is 0. The minimum Gasteiger partial charge on any atom is -0.354 e. The molecule has 34 heavy (non-hydrogen) atoms. The van der Waals surface area contributed by atoms with Crippen LogP contribution < -0.4 is 10.6 Å². The Morgan fingerprint density at radius 1 is 1.09 bits per heavy atom. The van der Waals surface area contributed by atoms with E-state index in [-0.39, 0.29) is 24.0 Å². The molecule has 1 aliphatic rings. The number of hydrogen-bond acceptors (Lipinski definition) is 3. The van der Waals surface area contributed by atoms with Gasteiger partial charge in [-0.1, -0.05) is 48.5 Å². The van der Waals surface area contributed by atoms with Crippen LogP contribution in [0.1, 0.15) is 42.3 Å². The van der Waals surface area contributed by atoms with Gasteiger partial charge in [-0.3, -0.25) is 9.89 Å². The fourth-order valence-electron chi connectivity index (χ4n) is 4.71. The fourth-order valence-corrected chi connectivity index (χ4v) is 4.71. The highest BCUT2D eigenvalue weighted by Crippen LogP contribution is 2.20. The maximum atomic E-state index is 4.67. The standard InChI is InChI=1S/C27H36N6.HI/c1-20-16-22(3)33(31-20)26-13-9-8-12-24(26)18-29-27(28-4)30-25-14-15-32(21(2)17-25)19-23-10-6-5-7-11-23;/h5-13,16,21,25H,14-15,17-19H2,1-4H3,(H2,28,29,30);1H. The van der Waals surface area contributed by atoms with Gasteiger partial charge in [0.1, 0.15) is 0 Å². The summed E-state index contributed by atoms with van der Waals surface area (Å²) in [5.41, 5.74) is 5.85. The largest absolute Gasteiger partial charge is 0.354 e. The summed E-state index contributed by atoms with van der Waals surface area (Å²) in [7, 11) is 1.84. The SMILES string of the molecule is CN=C(NCc1ccccc1-n1nc(C)cc1C)NC1CCN(Cc2ccccc2)C(C)C1.I. The van der Waals surface area contributed by atoms with Crippen LogP contribution in [0.2, 0.25) is 0 Å². The third-order valence-electron chi connectivity index (χ3n) is 6.48. The average molecular weight is 573 g/mol. The number of halogens is 1. The van der Waals surface area contributed by atoms with Gasteiger partial charge >= 0.3 is 0 Å². The maximum absolute atomic E-state index is 4.67. The summed E-state index contributed by atoms with van der Waals surface area (Å²) in [6, 6.07) is 22.2. The lowest BCUT2D eigenvalue weighted by atomic mass is 9.97. The number of benzene rings is 2. The smallest absolute Gasteiger partial charge is 0.191 e. The van der Waals surface area contributed by atoms with E-state index in [9.17, 15) is 0 Å². The van der Waals surface area contributed by atoms with Gasteiger partial charge in [0.25, 0.3) is 0 Å². The molecule has 2 unspecified atom stereocenters. The lowest BCUT2D eigenvalue weighted by Crippen LogP contribution is -2.51. The van der Waals surface area contributed by atoms with Crippen LogP contribution in [0.4, 0.5) is 0 Å². The predicted octanol–water partition coefficient (Wildman–Crippen LogP) is 4.83. The van der Waals surface area contributed by atoms with E-state index in [0.29, 0.717) is 18.6 Å². The van der Waals surface area contributed by atoms with Gasteiger partial charge in [0.15, 0.2) is 5.96 Å².